The minimum atomic E-state index is -4.41. The number of nitrogens with zero attached hydrogens (tertiary/aromatic N) is 2. The van der Waals surface area contributed by atoms with Gasteiger partial charge in [0, 0.05) is 6.20 Å². The molecule has 1 heterocycles. The minimum Gasteiger partial charge on any atom is -0.493 e. The fraction of sp³-hybridized carbons (Fsp3) is 0.167. The van der Waals surface area contributed by atoms with Gasteiger partial charge in [0.05, 0.1) is 29.0 Å². The maximum atomic E-state index is 12.6. The van der Waals surface area contributed by atoms with Crippen LogP contribution in [0.25, 0.3) is 10.9 Å². The fourth-order valence-corrected chi connectivity index (χ4v) is 2.57. The van der Waals surface area contributed by atoms with Crippen molar-refractivity contribution in [1.29, 1.82) is 0 Å². The number of ether oxygens (including phenoxy) is 2. The van der Waals surface area contributed by atoms with Gasteiger partial charge in [-0.15, -0.1) is 0 Å². The van der Waals surface area contributed by atoms with Gasteiger partial charge in [-0.05, 0) is 29.8 Å². The summed E-state index contributed by atoms with van der Waals surface area (Å²) in [4.78, 5) is 14.7. The van der Waals surface area contributed by atoms with Crippen LogP contribution in [0.1, 0.15) is 11.1 Å². The molecule has 9 heteroatoms. The third-order valence-electron chi connectivity index (χ3n) is 3.87. The molecule has 2 aromatic carbocycles. The molecule has 3 aromatic rings. The molecule has 6 nitrogen and oxygen atoms in total. The molecule has 0 N–H and O–H groups in total. The highest BCUT2D eigenvalue weighted by Gasteiger charge is 2.30. The van der Waals surface area contributed by atoms with Crippen molar-refractivity contribution in [2.75, 3.05) is 7.11 Å². The van der Waals surface area contributed by atoms with Crippen LogP contribution in [0.4, 0.5) is 18.9 Å². The lowest BCUT2D eigenvalue weighted by molar-refractivity contribution is -0.383. The summed E-state index contributed by atoms with van der Waals surface area (Å²) in [6, 6.07) is 8.94. The summed E-state index contributed by atoms with van der Waals surface area (Å²) in [6.07, 6.45) is -3.00. The standard InChI is InChI=1S/C18H13F3N2O4/c1-26-15-9-14(23(24)25)16-13(3-2-8-22-16)17(15)27-10-11-4-6-12(7-5-11)18(19,20)21/h2-9H,10H2,1H3. The molecule has 140 valence electrons. The van der Waals surface area contributed by atoms with E-state index in [0.29, 0.717) is 10.9 Å². The van der Waals surface area contributed by atoms with Crippen LogP contribution in [0.2, 0.25) is 0 Å². The third kappa shape index (κ3) is 3.76. The number of rotatable bonds is 5. The van der Waals surface area contributed by atoms with E-state index >= 15 is 0 Å². The Kier molecular flexibility index (Phi) is 4.85. The molecule has 0 saturated carbocycles. The van der Waals surface area contributed by atoms with Crippen LogP contribution in [0.3, 0.4) is 0 Å². The van der Waals surface area contributed by atoms with E-state index in [1.807, 2.05) is 0 Å². The summed E-state index contributed by atoms with van der Waals surface area (Å²) < 4.78 is 48.8. The van der Waals surface area contributed by atoms with E-state index < -0.39 is 16.7 Å². The Morgan fingerprint density at radius 3 is 2.48 bits per heavy atom. The largest absolute Gasteiger partial charge is 0.493 e. The maximum Gasteiger partial charge on any atom is 0.416 e. The van der Waals surface area contributed by atoms with Gasteiger partial charge < -0.3 is 9.47 Å². The second-order valence-corrected chi connectivity index (χ2v) is 5.57. The lowest BCUT2D eigenvalue weighted by atomic mass is 10.1. The summed E-state index contributed by atoms with van der Waals surface area (Å²) in [5.41, 5.74) is -0.357. The fourth-order valence-electron chi connectivity index (χ4n) is 2.57. The quantitative estimate of drug-likeness (QED) is 0.473. The summed E-state index contributed by atoms with van der Waals surface area (Å²) in [7, 11) is 1.34. The first-order chi connectivity index (χ1) is 12.8. The van der Waals surface area contributed by atoms with E-state index in [1.54, 1.807) is 12.1 Å². The molecule has 0 bridgehead atoms. The first-order valence-electron chi connectivity index (χ1n) is 7.70. The van der Waals surface area contributed by atoms with Crippen molar-refractivity contribution in [3.8, 4) is 11.5 Å². The van der Waals surface area contributed by atoms with E-state index in [-0.39, 0.29) is 29.3 Å². The van der Waals surface area contributed by atoms with Crippen LogP contribution in [0.5, 0.6) is 11.5 Å². The number of nitro groups is 1. The molecular weight excluding hydrogens is 365 g/mol. The Hall–Kier alpha value is -3.36. The molecule has 0 amide bonds. The van der Waals surface area contributed by atoms with E-state index in [2.05, 4.69) is 4.98 Å². The molecule has 27 heavy (non-hydrogen) atoms. The number of benzene rings is 2. The lowest BCUT2D eigenvalue weighted by Gasteiger charge is -2.14. The molecule has 3 rings (SSSR count). The zero-order valence-corrected chi connectivity index (χ0v) is 14.0. The normalized spacial score (nSPS) is 11.4. The van der Waals surface area contributed by atoms with Crippen LogP contribution < -0.4 is 9.47 Å². The Balaban J connectivity index is 1.95. The number of fused-ring (bicyclic) bond motifs is 1. The molecule has 1 aromatic heterocycles. The molecule has 0 aliphatic carbocycles. The topological polar surface area (TPSA) is 74.5 Å². The van der Waals surface area contributed by atoms with Crippen LogP contribution in [0.15, 0.2) is 48.7 Å². The van der Waals surface area contributed by atoms with Crippen molar-refractivity contribution in [2.24, 2.45) is 0 Å². The first kappa shape index (κ1) is 18.4. The van der Waals surface area contributed by atoms with Gasteiger partial charge >= 0.3 is 6.18 Å². The molecular formula is C18H13F3N2O4. The zero-order valence-electron chi connectivity index (χ0n) is 14.0. The van der Waals surface area contributed by atoms with E-state index in [9.17, 15) is 23.3 Å². The number of nitro benzene ring substituents is 1. The van der Waals surface area contributed by atoms with Crippen molar-refractivity contribution in [1.82, 2.24) is 4.98 Å². The van der Waals surface area contributed by atoms with E-state index in [4.69, 9.17) is 9.47 Å². The Bertz CT molecular complexity index is 988. The van der Waals surface area contributed by atoms with Crippen molar-refractivity contribution in [3.05, 3.63) is 69.9 Å². The maximum absolute atomic E-state index is 12.6. The molecule has 0 radical (unpaired) electrons. The number of aromatic nitrogens is 1. The zero-order chi connectivity index (χ0) is 19.6. The molecule has 0 unspecified atom stereocenters. The van der Waals surface area contributed by atoms with Crippen LogP contribution >= 0.6 is 0 Å². The first-order valence-corrected chi connectivity index (χ1v) is 7.70. The Labute approximate surface area is 151 Å². The Morgan fingerprint density at radius 2 is 1.89 bits per heavy atom. The van der Waals surface area contributed by atoms with E-state index in [0.717, 1.165) is 12.1 Å². The number of non-ortho nitro benzene ring substituents is 1. The summed E-state index contributed by atoms with van der Waals surface area (Å²) in [6.45, 7) is -0.0453. The van der Waals surface area contributed by atoms with Gasteiger partial charge in [0.15, 0.2) is 17.0 Å². The van der Waals surface area contributed by atoms with Gasteiger partial charge in [-0.3, -0.25) is 10.1 Å². The molecule has 0 saturated heterocycles. The number of hydrogen-bond acceptors (Lipinski definition) is 5. The number of methoxy groups -OCH3 is 1. The second kappa shape index (κ2) is 7.10. The van der Waals surface area contributed by atoms with Crippen molar-refractivity contribution >= 4 is 16.6 Å². The van der Waals surface area contributed by atoms with Gasteiger partial charge in [-0.1, -0.05) is 12.1 Å². The molecule has 0 aliphatic rings. The number of halogens is 3. The summed E-state index contributed by atoms with van der Waals surface area (Å²) in [5.74, 6) is 0.361. The predicted octanol–water partition coefficient (Wildman–Crippen LogP) is 4.75. The summed E-state index contributed by atoms with van der Waals surface area (Å²) >= 11 is 0. The predicted molar refractivity (Wildman–Crippen MR) is 90.7 cm³/mol. The molecule has 0 atom stereocenters. The second-order valence-electron chi connectivity index (χ2n) is 5.57. The van der Waals surface area contributed by atoms with Crippen molar-refractivity contribution in [3.63, 3.8) is 0 Å². The van der Waals surface area contributed by atoms with Gasteiger partial charge in [0.25, 0.3) is 5.69 Å². The van der Waals surface area contributed by atoms with Crippen LogP contribution in [-0.2, 0) is 12.8 Å². The van der Waals surface area contributed by atoms with Gasteiger partial charge in [0.2, 0.25) is 0 Å². The van der Waals surface area contributed by atoms with Crippen molar-refractivity contribution in [2.45, 2.75) is 12.8 Å². The summed E-state index contributed by atoms with van der Waals surface area (Å²) in [5, 5.41) is 11.6. The average molecular weight is 378 g/mol. The average Bonchev–Trinajstić information content (AvgIpc) is 2.65. The third-order valence-corrected chi connectivity index (χ3v) is 3.87. The Morgan fingerprint density at radius 1 is 1.19 bits per heavy atom. The van der Waals surface area contributed by atoms with E-state index in [1.165, 1.54) is 31.5 Å². The highest BCUT2D eigenvalue weighted by molar-refractivity contribution is 5.94. The monoisotopic (exact) mass is 378 g/mol. The highest BCUT2D eigenvalue weighted by atomic mass is 19.4. The highest BCUT2D eigenvalue weighted by Crippen LogP contribution is 2.40. The SMILES string of the molecule is COc1cc([N+](=O)[O-])c2ncccc2c1OCc1ccc(C(F)(F)F)cc1. The number of hydrogen-bond donors (Lipinski definition) is 0. The van der Waals surface area contributed by atoms with Gasteiger partial charge in [-0.25, -0.2) is 4.98 Å². The van der Waals surface area contributed by atoms with Crippen LogP contribution in [0, 0.1) is 10.1 Å². The number of alkyl halides is 3. The van der Waals surface area contributed by atoms with Crippen molar-refractivity contribution < 1.29 is 27.6 Å². The molecule has 0 fully saturated rings. The molecule has 0 aliphatic heterocycles. The van der Waals surface area contributed by atoms with Gasteiger partial charge in [0.1, 0.15) is 6.61 Å². The lowest BCUT2D eigenvalue weighted by Crippen LogP contribution is -2.05. The van der Waals surface area contributed by atoms with Gasteiger partial charge in [-0.2, -0.15) is 13.2 Å². The number of pyridine rings is 1. The molecule has 0 spiro atoms. The van der Waals surface area contributed by atoms with Crippen LogP contribution in [-0.4, -0.2) is 17.0 Å². The minimum absolute atomic E-state index is 0.0453. The smallest absolute Gasteiger partial charge is 0.416 e.